The standard InChI is InChI=1S/C17H27N3O3S/c1-12-18-14(11-24-12)15(21)20-8-6-13(7-9-20)10-19(5)16(22)23-17(2,3)4/h11,13H,6-10H2,1-5H3. The maximum atomic E-state index is 12.4. The smallest absolute Gasteiger partial charge is 0.410 e. The van der Waals surface area contributed by atoms with Crippen LogP contribution in [0.25, 0.3) is 0 Å². The number of carbonyl (C=O) groups is 2. The van der Waals surface area contributed by atoms with E-state index in [9.17, 15) is 9.59 Å². The van der Waals surface area contributed by atoms with Gasteiger partial charge in [0, 0.05) is 32.1 Å². The van der Waals surface area contributed by atoms with E-state index in [0.29, 0.717) is 31.2 Å². The molecule has 2 amide bonds. The first-order valence-corrected chi connectivity index (χ1v) is 9.19. The van der Waals surface area contributed by atoms with Crippen molar-refractivity contribution in [3.8, 4) is 0 Å². The lowest BCUT2D eigenvalue weighted by Crippen LogP contribution is -2.43. The van der Waals surface area contributed by atoms with Gasteiger partial charge in [0.05, 0.1) is 5.01 Å². The van der Waals surface area contributed by atoms with Gasteiger partial charge in [0.2, 0.25) is 0 Å². The minimum atomic E-state index is -0.479. The van der Waals surface area contributed by atoms with Crippen LogP contribution in [0, 0.1) is 12.8 Å². The third-order valence-corrected chi connectivity index (χ3v) is 4.75. The number of piperidine rings is 1. The van der Waals surface area contributed by atoms with Crippen molar-refractivity contribution in [3.05, 3.63) is 16.1 Å². The summed E-state index contributed by atoms with van der Waals surface area (Å²) in [4.78, 5) is 32.2. The van der Waals surface area contributed by atoms with Gasteiger partial charge < -0.3 is 14.5 Å². The van der Waals surface area contributed by atoms with Crippen LogP contribution in [-0.2, 0) is 4.74 Å². The average Bonchev–Trinajstić information content (AvgIpc) is 2.92. The number of hydrogen-bond acceptors (Lipinski definition) is 5. The van der Waals surface area contributed by atoms with Crippen LogP contribution in [0.4, 0.5) is 4.79 Å². The minimum absolute atomic E-state index is 0.0123. The highest BCUT2D eigenvalue weighted by molar-refractivity contribution is 7.09. The SMILES string of the molecule is Cc1nc(C(=O)N2CCC(CN(C)C(=O)OC(C)(C)C)CC2)cs1. The zero-order valence-electron chi connectivity index (χ0n) is 15.2. The van der Waals surface area contributed by atoms with Crippen LogP contribution in [0.5, 0.6) is 0 Å². The van der Waals surface area contributed by atoms with Crippen LogP contribution in [-0.4, -0.2) is 59.1 Å². The number of likely N-dealkylation sites (tertiary alicyclic amines) is 1. The van der Waals surface area contributed by atoms with Gasteiger partial charge in [-0.15, -0.1) is 11.3 Å². The fourth-order valence-corrected chi connectivity index (χ4v) is 3.33. The Balaban J connectivity index is 1.80. The highest BCUT2D eigenvalue weighted by atomic mass is 32.1. The fourth-order valence-electron chi connectivity index (χ4n) is 2.74. The van der Waals surface area contributed by atoms with Crippen molar-refractivity contribution in [3.63, 3.8) is 0 Å². The highest BCUT2D eigenvalue weighted by Crippen LogP contribution is 2.21. The Morgan fingerprint density at radius 1 is 1.38 bits per heavy atom. The highest BCUT2D eigenvalue weighted by Gasteiger charge is 2.27. The first-order chi connectivity index (χ1) is 11.2. The number of aromatic nitrogens is 1. The van der Waals surface area contributed by atoms with Crippen LogP contribution < -0.4 is 0 Å². The zero-order chi connectivity index (χ0) is 17.9. The van der Waals surface area contributed by atoms with E-state index in [1.54, 1.807) is 11.9 Å². The molecule has 0 saturated carbocycles. The Morgan fingerprint density at radius 2 is 2.00 bits per heavy atom. The van der Waals surface area contributed by atoms with Crippen LogP contribution in [0.1, 0.15) is 49.1 Å². The van der Waals surface area contributed by atoms with Crippen molar-refractivity contribution in [2.24, 2.45) is 5.92 Å². The molecule has 0 atom stereocenters. The second-order valence-electron chi connectivity index (χ2n) is 7.35. The summed E-state index contributed by atoms with van der Waals surface area (Å²) in [6.07, 6.45) is 1.49. The molecular formula is C17H27N3O3S. The summed E-state index contributed by atoms with van der Waals surface area (Å²) in [5.41, 5.74) is 0.0640. The first kappa shape index (κ1) is 18.7. The van der Waals surface area contributed by atoms with Crippen molar-refractivity contribution < 1.29 is 14.3 Å². The number of nitrogens with zero attached hydrogens (tertiary/aromatic N) is 3. The summed E-state index contributed by atoms with van der Waals surface area (Å²) < 4.78 is 5.38. The number of ether oxygens (including phenoxy) is 1. The van der Waals surface area contributed by atoms with Gasteiger partial charge in [-0.2, -0.15) is 0 Å². The molecule has 1 saturated heterocycles. The van der Waals surface area contributed by atoms with Crippen LogP contribution >= 0.6 is 11.3 Å². The van der Waals surface area contributed by atoms with Crippen molar-refractivity contribution >= 4 is 23.3 Å². The molecule has 0 radical (unpaired) electrons. The molecule has 0 spiro atoms. The quantitative estimate of drug-likeness (QED) is 0.837. The predicted octanol–water partition coefficient (Wildman–Crippen LogP) is 3.17. The number of amides is 2. The third-order valence-electron chi connectivity index (χ3n) is 3.98. The lowest BCUT2D eigenvalue weighted by Gasteiger charge is -2.34. The molecule has 6 nitrogen and oxygen atoms in total. The van der Waals surface area contributed by atoms with Crippen LogP contribution in [0.2, 0.25) is 0 Å². The molecule has 1 aliphatic rings. The second kappa shape index (κ2) is 7.51. The lowest BCUT2D eigenvalue weighted by molar-refractivity contribution is 0.0246. The lowest BCUT2D eigenvalue weighted by atomic mass is 9.96. The number of aryl methyl sites for hydroxylation is 1. The van der Waals surface area contributed by atoms with Gasteiger partial charge in [0.15, 0.2) is 0 Å². The summed E-state index contributed by atoms with van der Waals surface area (Å²) in [6, 6.07) is 0. The number of hydrogen-bond donors (Lipinski definition) is 0. The molecule has 134 valence electrons. The van der Waals surface area contributed by atoms with Crippen molar-refractivity contribution in [1.29, 1.82) is 0 Å². The Morgan fingerprint density at radius 3 is 2.50 bits per heavy atom. The topological polar surface area (TPSA) is 62.7 Å². The van der Waals surface area contributed by atoms with Gasteiger partial charge in [-0.25, -0.2) is 9.78 Å². The molecule has 1 fully saturated rings. The normalized spacial score (nSPS) is 16.1. The van der Waals surface area contributed by atoms with Gasteiger partial charge in [-0.1, -0.05) is 0 Å². The molecule has 7 heteroatoms. The number of thiazole rings is 1. The average molecular weight is 353 g/mol. The summed E-state index contributed by atoms with van der Waals surface area (Å²) >= 11 is 1.50. The Labute approximate surface area is 147 Å². The summed E-state index contributed by atoms with van der Waals surface area (Å²) in [5, 5.41) is 2.73. The molecule has 0 bridgehead atoms. The van der Waals surface area contributed by atoms with Gasteiger partial charge >= 0.3 is 6.09 Å². The zero-order valence-corrected chi connectivity index (χ0v) is 16.0. The Hall–Kier alpha value is -1.63. The Bertz CT molecular complexity index is 586. The molecule has 24 heavy (non-hydrogen) atoms. The van der Waals surface area contributed by atoms with Crippen molar-refractivity contribution in [2.75, 3.05) is 26.7 Å². The van der Waals surface area contributed by atoms with E-state index in [2.05, 4.69) is 4.98 Å². The van der Waals surface area contributed by atoms with E-state index >= 15 is 0 Å². The van der Waals surface area contributed by atoms with Crippen LogP contribution in [0.15, 0.2) is 5.38 Å². The first-order valence-electron chi connectivity index (χ1n) is 8.31. The maximum absolute atomic E-state index is 12.4. The molecule has 1 aliphatic heterocycles. The van der Waals surface area contributed by atoms with Gasteiger partial charge in [0.25, 0.3) is 5.91 Å². The summed E-state index contributed by atoms with van der Waals surface area (Å²) in [5.74, 6) is 0.405. The maximum Gasteiger partial charge on any atom is 0.410 e. The second-order valence-corrected chi connectivity index (χ2v) is 8.41. The van der Waals surface area contributed by atoms with E-state index in [1.165, 1.54) is 11.3 Å². The van der Waals surface area contributed by atoms with Gasteiger partial charge in [0.1, 0.15) is 11.3 Å². The molecule has 0 unspecified atom stereocenters. The van der Waals surface area contributed by atoms with E-state index < -0.39 is 5.60 Å². The number of carbonyl (C=O) groups excluding carboxylic acids is 2. The van der Waals surface area contributed by atoms with Crippen LogP contribution in [0.3, 0.4) is 0 Å². The summed E-state index contributed by atoms with van der Waals surface area (Å²) in [6.45, 7) is 9.58. The molecular weight excluding hydrogens is 326 g/mol. The monoisotopic (exact) mass is 353 g/mol. The molecule has 1 aromatic rings. The predicted molar refractivity (Wildman–Crippen MR) is 94.3 cm³/mol. The molecule has 0 aliphatic carbocycles. The van der Waals surface area contributed by atoms with Gasteiger partial charge in [-0.05, 0) is 46.5 Å². The van der Waals surface area contributed by atoms with E-state index in [-0.39, 0.29) is 12.0 Å². The summed E-state index contributed by atoms with van der Waals surface area (Å²) in [7, 11) is 1.77. The van der Waals surface area contributed by atoms with Crippen molar-refractivity contribution in [2.45, 2.75) is 46.1 Å². The number of rotatable bonds is 3. The molecule has 2 rings (SSSR count). The van der Waals surface area contributed by atoms with E-state index in [4.69, 9.17) is 4.74 Å². The fraction of sp³-hybridized carbons (Fsp3) is 0.706. The molecule has 2 heterocycles. The molecule has 1 aromatic heterocycles. The largest absolute Gasteiger partial charge is 0.444 e. The van der Waals surface area contributed by atoms with E-state index in [0.717, 1.165) is 17.8 Å². The Kier molecular flexibility index (Phi) is 5.85. The minimum Gasteiger partial charge on any atom is -0.444 e. The third kappa shape index (κ3) is 5.19. The van der Waals surface area contributed by atoms with Gasteiger partial charge in [-0.3, -0.25) is 4.79 Å². The van der Waals surface area contributed by atoms with Crippen molar-refractivity contribution in [1.82, 2.24) is 14.8 Å². The molecule has 0 N–H and O–H groups in total. The molecule has 0 aromatic carbocycles. The van der Waals surface area contributed by atoms with E-state index in [1.807, 2.05) is 38.0 Å².